The Morgan fingerprint density at radius 2 is 2.00 bits per heavy atom. The zero-order valence-electron chi connectivity index (χ0n) is 11.4. The Balaban J connectivity index is 2.19. The third kappa shape index (κ3) is 2.58. The molecule has 0 unspecified atom stereocenters. The van der Waals surface area contributed by atoms with E-state index in [0.717, 1.165) is 10.0 Å². The summed E-state index contributed by atoms with van der Waals surface area (Å²) in [7, 11) is 0. The quantitative estimate of drug-likeness (QED) is 0.668. The Morgan fingerprint density at radius 3 is 2.68 bits per heavy atom. The lowest BCUT2D eigenvalue weighted by atomic mass is 10.1. The second-order valence-corrected chi connectivity index (χ2v) is 5.47. The summed E-state index contributed by atoms with van der Waals surface area (Å²) in [6.45, 7) is 0. The third-order valence-corrected chi connectivity index (χ3v) is 3.87. The fourth-order valence-corrected chi connectivity index (χ4v) is 2.67. The number of benzene rings is 1. The fourth-order valence-electron chi connectivity index (χ4n) is 2.19. The van der Waals surface area contributed by atoms with Gasteiger partial charge in [0.05, 0.1) is 22.6 Å². The number of nitrogens with one attached hydrogen (secondary N) is 1. The largest absolute Gasteiger partial charge is 0.368 e. The van der Waals surface area contributed by atoms with Crippen molar-refractivity contribution in [2.45, 2.75) is 0 Å². The van der Waals surface area contributed by atoms with E-state index in [9.17, 15) is 4.79 Å². The standard InChI is InChI=1S/C15H12BrN5O/c16-10-4-2-1-3-8(10)13-9(14(17)22)7-12(20-13)11-5-6-19-15(18)21-11/h1-7,20H,(H2,17,22)(H2,18,19,21). The molecule has 0 aliphatic carbocycles. The van der Waals surface area contributed by atoms with Crippen molar-refractivity contribution in [2.24, 2.45) is 5.73 Å². The fraction of sp³-hybridized carbons (Fsp3) is 0. The molecule has 2 aromatic heterocycles. The van der Waals surface area contributed by atoms with Crippen LogP contribution in [0, 0.1) is 0 Å². The summed E-state index contributed by atoms with van der Waals surface area (Å²) in [4.78, 5) is 22.9. The van der Waals surface area contributed by atoms with Crippen molar-refractivity contribution < 1.29 is 4.79 Å². The number of hydrogen-bond donors (Lipinski definition) is 3. The van der Waals surface area contributed by atoms with Crippen LogP contribution in [-0.4, -0.2) is 20.9 Å². The van der Waals surface area contributed by atoms with Crippen molar-refractivity contribution in [3.63, 3.8) is 0 Å². The van der Waals surface area contributed by atoms with Crippen LogP contribution in [0.3, 0.4) is 0 Å². The first-order valence-corrected chi connectivity index (χ1v) is 7.22. The molecule has 0 spiro atoms. The molecular formula is C15H12BrN5O. The van der Waals surface area contributed by atoms with Gasteiger partial charge in [0.1, 0.15) is 0 Å². The summed E-state index contributed by atoms with van der Waals surface area (Å²) >= 11 is 3.48. The van der Waals surface area contributed by atoms with Crippen molar-refractivity contribution in [3.8, 4) is 22.6 Å². The van der Waals surface area contributed by atoms with E-state index in [-0.39, 0.29) is 5.95 Å². The van der Waals surface area contributed by atoms with Gasteiger partial charge in [0.15, 0.2) is 0 Å². The van der Waals surface area contributed by atoms with Crippen LogP contribution >= 0.6 is 15.9 Å². The molecule has 6 nitrogen and oxygen atoms in total. The van der Waals surface area contributed by atoms with Gasteiger partial charge in [-0.05, 0) is 18.2 Å². The monoisotopic (exact) mass is 357 g/mol. The highest BCUT2D eigenvalue weighted by Gasteiger charge is 2.17. The zero-order valence-corrected chi connectivity index (χ0v) is 13.0. The van der Waals surface area contributed by atoms with Gasteiger partial charge < -0.3 is 16.5 Å². The number of H-pyrrole nitrogens is 1. The van der Waals surface area contributed by atoms with Gasteiger partial charge in [-0.2, -0.15) is 0 Å². The molecule has 0 fully saturated rings. The predicted octanol–water partition coefficient (Wildman–Crippen LogP) is 2.58. The first-order chi connectivity index (χ1) is 10.6. The smallest absolute Gasteiger partial charge is 0.250 e. The molecule has 0 saturated carbocycles. The van der Waals surface area contributed by atoms with E-state index in [1.54, 1.807) is 18.3 Å². The van der Waals surface area contributed by atoms with Crippen LogP contribution in [0.4, 0.5) is 5.95 Å². The number of nitrogens with two attached hydrogens (primary N) is 2. The van der Waals surface area contributed by atoms with Crippen LogP contribution < -0.4 is 11.5 Å². The van der Waals surface area contributed by atoms with E-state index < -0.39 is 5.91 Å². The van der Waals surface area contributed by atoms with Crippen LogP contribution in [0.5, 0.6) is 0 Å². The van der Waals surface area contributed by atoms with Gasteiger partial charge in [0, 0.05) is 16.2 Å². The number of hydrogen-bond acceptors (Lipinski definition) is 4. The molecule has 1 aromatic carbocycles. The molecule has 0 aliphatic heterocycles. The number of nitrogens with zero attached hydrogens (tertiary/aromatic N) is 2. The molecule has 3 rings (SSSR count). The number of halogens is 1. The molecule has 2 heterocycles. The van der Waals surface area contributed by atoms with Gasteiger partial charge in [0.2, 0.25) is 5.95 Å². The average molecular weight is 358 g/mol. The molecule has 5 N–H and O–H groups in total. The maximum absolute atomic E-state index is 11.7. The Bertz CT molecular complexity index is 859. The summed E-state index contributed by atoms with van der Waals surface area (Å²) in [6, 6.07) is 10.9. The molecule has 3 aromatic rings. The Kier molecular flexibility index (Phi) is 3.64. The van der Waals surface area contributed by atoms with Gasteiger partial charge in [-0.15, -0.1) is 0 Å². The van der Waals surface area contributed by atoms with Crippen molar-refractivity contribution in [1.29, 1.82) is 0 Å². The van der Waals surface area contributed by atoms with E-state index >= 15 is 0 Å². The number of carbonyl (C=O) groups excluding carboxylic acids is 1. The van der Waals surface area contributed by atoms with Crippen LogP contribution in [0.2, 0.25) is 0 Å². The van der Waals surface area contributed by atoms with E-state index in [2.05, 4.69) is 30.9 Å². The van der Waals surface area contributed by atoms with Crippen molar-refractivity contribution >= 4 is 27.8 Å². The lowest BCUT2D eigenvalue weighted by Gasteiger charge is -2.04. The number of carbonyl (C=O) groups is 1. The van der Waals surface area contributed by atoms with E-state index in [4.69, 9.17) is 11.5 Å². The highest BCUT2D eigenvalue weighted by Crippen LogP contribution is 2.32. The Labute approximate surface area is 134 Å². The molecule has 0 atom stereocenters. The third-order valence-electron chi connectivity index (χ3n) is 3.18. The summed E-state index contributed by atoms with van der Waals surface area (Å²) < 4.78 is 0.855. The Morgan fingerprint density at radius 1 is 1.23 bits per heavy atom. The van der Waals surface area contributed by atoms with Crippen LogP contribution in [-0.2, 0) is 0 Å². The van der Waals surface area contributed by atoms with Crippen molar-refractivity contribution in [2.75, 3.05) is 5.73 Å². The minimum atomic E-state index is -0.518. The van der Waals surface area contributed by atoms with Crippen LogP contribution in [0.25, 0.3) is 22.6 Å². The zero-order chi connectivity index (χ0) is 15.7. The highest BCUT2D eigenvalue weighted by molar-refractivity contribution is 9.10. The summed E-state index contributed by atoms with van der Waals surface area (Å²) in [5.41, 5.74) is 14.2. The van der Waals surface area contributed by atoms with Gasteiger partial charge in [-0.25, -0.2) is 9.97 Å². The highest BCUT2D eigenvalue weighted by atomic mass is 79.9. The normalized spacial score (nSPS) is 10.6. The number of anilines is 1. The minimum absolute atomic E-state index is 0.162. The van der Waals surface area contributed by atoms with Gasteiger partial charge in [0.25, 0.3) is 5.91 Å². The van der Waals surface area contributed by atoms with E-state index in [0.29, 0.717) is 22.6 Å². The SMILES string of the molecule is NC(=O)c1cc(-c2ccnc(N)n2)[nH]c1-c1ccccc1Br. The lowest BCUT2D eigenvalue weighted by Crippen LogP contribution is -2.11. The second-order valence-electron chi connectivity index (χ2n) is 4.62. The molecule has 1 amide bonds. The molecule has 0 aliphatic rings. The van der Waals surface area contributed by atoms with E-state index in [1.165, 1.54) is 0 Å². The maximum atomic E-state index is 11.7. The summed E-state index contributed by atoms with van der Waals surface area (Å²) in [5, 5.41) is 0. The molecule has 110 valence electrons. The molecular weight excluding hydrogens is 346 g/mol. The van der Waals surface area contributed by atoms with Crippen molar-refractivity contribution in [3.05, 3.63) is 52.6 Å². The molecule has 0 radical (unpaired) electrons. The molecule has 22 heavy (non-hydrogen) atoms. The topological polar surface area (TPSA) is 111 Å². The first-order valence-electron chi connectivity index (χ1n) is 6.43. The van der Waals surface area contributed by atoms with Gasteiger partial charge >= 0.3 is 0 Å². The number of primary amides is 1. The number of amides is 1. The second kappa shape index (κ2) is 5.61. The van der Waals surface area contributed by atoms with Crippen molar-refractivity contribution in [1.82, 2.24) is 15.0 Å². The Hall–Kier alpha value is -2.67. The van der Waals surface area contributed by atoms with Crippen LogP contribution in [0.15, 0.2) is 47.1 Å². The average Bonchev–Trinajstić information content (AvgIpc) is 2.93. The molecule has 0 saturated heterocycles. The summed E-state index contributed by atoms with van der Waals surface area (Å²) in [6.07, 6.45) is 1.56. The predicted molar refractivity (Wildman–Crippen MR) is 87.9 cm³/mol. The van der Waals surface area contributed by atoms with Gasteiger partial charge in [-0.1, -0.05) is 34.1 Å². The number of nitrogen functional groups attached to an aromatic ring is 1. The number of aromatic amines is 1. The van der Waals surface area contributed by atoms with Crippen LogP contribution in [0.1, 0.15) is 10.4 Å². The first kappa shape index (κ1) is 14.3. The maximum Gasteiger partial charge on any atom is 0.250 e. The van der Waals surface area contributed by atoms with Gasteiger partial charge in [-0.3, -0.25) is 4.79 Å². The molecule has 0 bridgehead atoms. The minimum Gasteiger partial charge on any atom is -0.368 e. The number of aromatic nitrogens is 3. The summed E-state index contributed by atoms with van der Waals surface area (Å²) in [5.74, 6) is -0.356. The lowest BCUT2D eigenvalue weighted by molar-refractivity contribution is 0.100. The number of rotatable bonds is 3. The molecule has 7 heteroatoms. The van der Waals surface area contributed by atoms with E-state index in [1.807, 2.05) is 24.3 Å².